The van der Waals surface area contributed by atoms with Gasteiger partial charge in [0.25, 0.3) is 5.91 Å². The predicted molar refractivity (Wildman–Crippen MR) is 130 cm³/mol. The summed E-state index contributed by atoms with van der Waals surface area (Å²) in [6, 6.07) is 12.6. The standard InChI is InChI=1S/C22H21Cl2N3O2S2/c1-13(2)26-20(28)12-30-19-6-4-3-5-17(19)21(29)27-22-25-11-16(31-22)10-14-9-15(23)7-8-18(14)24/h3-9,11,13H,10,12H2,1-2H3,(H,26,28)(H,25,27,29). The van der Waals surface area contributed by atoms with E-state index in [1.54, 1.807) is 30.5 Å². The molecule has 0 aliphatic rings. The largest absolute Gasteiger partial charge is 0.353 e. The Labute approximate surface area is 199 Å². The van der Waals surface area contributed by atoms with Crippen LogP contribution < -0.4 is 10.6 Å². The van der Waals surface area contributed by atoms with E-state index in [0.29, 0.717) is 27.2 Å². The summed E-state index contributed by atoms with van der Waals surface area (Å²) in [5.41, 5.74) is 1.40. The predicted octanol–water partition coefficient (Wildman–Crippen LogP) is 5.91. The Morgan fingerprint density at radius 3 is 2.71 bits per heavy atom. The van der Waals surface area contributed by atoms with E-state index in [1.807, 2.05) is 32.0 Å². The molecule has 9 heteroatoms. The van der Waals surface area contributed by atoms with Crippen LogP contribution in [-0.4, -0.2) is 28.6 Å². The molecule has 0 aliphatic heterocycles. The molecule has 0 atom stereocenters. The first kappa shape index (κ1) is 23.6. The Kier molecular flexibility index (Phi) is 8.37. The van der Waals surface area contributed by atoms with Crippen LogP contribution in [0.1, 0.15) is 34.6 Å². The van der Waals surface area contributed by atoms with Crippen molar-refractivity contribution in [3.8, 4) is 0 Å². The smallest absolute Gasteiger partial charge is 0.258 e. The minimum Gasteiger partial charge on any atom is -0.353 e. The summed E-state index contributed by atoms with van der Waals surface area (Å²) in [4.78, 5) is 30.8. The van der Waals surface area contributed by atoms with Crippen LogP contribution >= 0.6 is 46.3 Å². The first-order valence-electron chi connectivity index (χ1n) is 9.53. The highest BCUT2D eigenvalue weighted by atomic mass is 35.5. The number of hydrogen-bond acceptors (Lipinski definition) is 5. The number of carbonyl (C=O) groups excluding carboxylic acids is 2. The number of nitrogens with one attached hydrogen (secondary N) is 2. The molecule has 3 aromatic rings. The van der Waals surface area contributed by atoms with E-state index in [-0.39, 0.29) is 23.6 Å². The van der Waals surface area contributed by atoms with Gasteiger partial charge in [-0.05, 0) is 49.7 Å². The van der Waals surface area contributed by atoms with Crippen LogP contribution in [0.2, 0.25) is 10.0 Å². The summed E-state index contributed by atoms with van der Waals surface area (Å²) in [5.74, 6) is -0.0990. The second-order valence-electron chi connectivity index (χ2n) is 7.01. The summed E-state index contributed by atoms with van der Waals surface area (Å²) in [6.07, 6.45) is 2.29. The van der Waals surface area contributed by atoms with Gasteiger partial charge in [-0.1, -0.05) is 35.3 Å². The molecule has 0 unspecified atom stereocenters. The zero-order chi connectivity index (χ0) is 22.4. The number of benzene rings is 2. The SMILES string of the molecule is CC(C)NC(=O)CSc1ccccc1C(=O)Nc1ncc(Cc2cc(Cl)ccc2Cl)s1. The van der Waals surface area contributed by atoms with Gasteiger partial charge in [0.15, 0.2) is 5.13 Å². The number of amides is 2. The van der Waals surface area contributed by atoms with Crippen molar-refractivity contribution in [3.63, 3.8) is 0 Å². The third-order valence-electron chi connectivity index (χ3n) is 4.09. The lowest BCUT2D eigenvalue weighted by molar-refractivity contribution is -0.119. The van der Waals surface area contributed by atoms with Gasteiger partial charge in [0.2, 0.25) is 5.91 Å². The van der Waals surface area contributed by atoms with E-state index >= 15 is 0 Å². The number of rotatable bonds is 8. The average molecular weight is 494 g/mol. The molecule has 162 valence electrons. The Hall–Kier alpha value is -2.06. The number of halogens is 2. The number of thiazole rings is 1. The zero-order valence-corrected chi connectivity index (χ0v) is 20.1. The fourth-order valence-corrected chi connectivity index (χ4v) is 4.84. The Morgan fingerprint density at radius 1 is 1.16 bits per heavy atom. The van der Waals surface area contributed by atoms with Gasteiger partial charge in [-0.15, -0.1) is 23.1 Å². The molecule has 0 radical (unpaired) electrons. The molecule has 1 aromatic heterocycles. The van der Waals surface area contributed by atoms with Crippen LogP contribution in [-0.2, 0) is 11.2 Å². The van der Waals surface area contributed by atoms with E-state index in [0.717, 1.165) is 15.3 Å². The maximum Gasteiger partial charge on any atom is 0.258 e. The highest BCUT2D eigenvalue weighted by Crippen LogP contribution is 2.28. The molecule has 0 saturated carbocycles. The van der Waals surface area contributed by atoms with Crippen molar-refractivity contribution >= 4 is 63.2 Å². The van der Waals surface area contributed by atoms with Crippen molar-refractivity contribution in [2.45, 2.75) is 31.2 Å². The maximum absolute atomic E-state index is 12.8. The minimum atomic E-state index is -0.269. The molecular formula is C22H21Cl2N3O2S2. The highest BCUT2D eigenvalue weighted by Gasteiger charge is 2.15. The maximum atomic E-state index is 12.8. The number of thioether (sulfide) groups is 1. The number of anilines is 1. The molecule has 0 saturated heterocycles. The highest BCUT2D eigenvalue weighted by molar-refractivity contribution is 8.00. The van der Waals surface area contributed by atoms with Gasteiger partial charge in [-0.3, -0.25) is 14.9 Å². The van der Waals surface area contributed by atoms with Gasteiger partial charge in [0.1, 0.15) is 0 Å². The van der Waals surface area contributed by atoms with Crippen molar-refractivity contribution in [2.24, 2.45) is 0 Å². The van der Waals surface area contributed by atoms with E-state index in [1.165, 1.54) is 23.1 Å². The molecule has 3 rings (SSSR count). The van der Waals surface area contributed by atoms with E-state index in [2.05, 4.69) is 15.6 Å². The summed E-state index contributed by atoms with van der Waals surface area (Å²) in [5, 5.41) is 7.44. The average Bonchev–Trinajstić information content (AvgIpc) is 3.15. The molecule has 0 bridgehead atoms. The van der Waals surface area contributed by atoms with Gasteiger partial charge >= 0.3 is 0 Å². The van der Waals surface area contributed by atoms with Gasteiger partial charge in [0.05, 0.1) is 11.3 Å². The van der Waals surface area contributed by atoms with E-state index in [9.17, 15) is 9.59 Å². The lowest BCUT2D eigenvalue weighted by Crippen LogP contribution is -2.31. The second kappa shape index (κ2) is 11.0. The Morgan fingerprint density at radius 2 is 1.94 bits per heavy atom. The molecule has 2 amide bonds. The van der Waals surface area contributed by atoms with Crippen molar-refractivity contribution in [1.82, 2.24) is 10.3 Å². The molecule has 0 fully saturated rings. The summed E-state index contributed by atoms with van der Waals surface area (Å²) < 4.78 is 0. The van der Waals surface area contributed by atoms with Crippen molar-refractivity contribution in [2.75, 3.05) is 11.1 Å². The van der Waals surface area contributed by atoms with Gasteiger partial charge in [-0.25, -0.2) is 4.98 Å². The lowest BCUT2D eigenvalue weighted by atomic mass is 10.1. The first-order valence-corrected chi connectivity index (χ1v) is 12.1. The molecule has 0 spiro atoms. The third kappa shape index (κ3) is 6.97. The van der Waals surface area contributed by atoms with Crippen LogP contribution in [0.3, 0.4) is 0 Å². The van der Waals surface area contributed by atoms with Crippen molar-refractivity contribution < 1.29 is 9.59 Å². The van der Waals surface area contributed by atoms with Crippen molar-refractivity contribution in [1.29, 1.82) is 0 Å². The van der Waals surface area contributed by atoms with Crippen LogP contribution in [0.25, 0.3) is 0 Å². The molecule has 2 aromatic carbocycles. The van der Waals surface area contributed by atoms with Crippen LogP contribution in [0.4, 0.5) is 5.13 Å². The molecule has 2 N–H and O–H groups in total. The number of hydrogen-bond donors (Lipinski definition) is 2. The van der Waals surface area contributed by atoms with E-state index in [4.69, 9.17) is 23.2 Å². The minimum absolute atomic E-state index is 0.0700. The molecule has 31 heavy (non-hydrogen) atoms. The van der Waals surface area contributed by atoms with Crippen molar-refractivity contribution in [3.05, 3.63) is 74.7 Å². The number of nitrogens with zero attached hydrogens (tertiary/aromatic N) is 1. The molecule has 0 aliphatic carbocycles. The Balaban J connectivity index is 1.66. The van der Waals surface area contributed by atoms with Gasteiger partial charge in [0, 0.05) is 38.5 Å². The first-order chi connectivity index (χ1) is 14.8. The summed E-state index contributed by atoms with van der Waals surface area (Å²) in [6.45, 7) is 3.82. The topological polar surface area (TPSA) is 71.1 Å². The monoisotopic (exact) mass is 493 g/mol. The molecule has 1 heterocycles. The summed E-state index contributed by atoms with van der Waals surface area (Å²) >= 11 is 15.0. The van der Waals surface area contributed by atoms with Gasteiger partial charge in [-0.2, -0.15) is 0 Å². The lowest BCUT2D eigenvalue weighted by Gasteiger charge is -2.10. The Bertz CT molecular complexity index is 1090. The van der Waals surface area contributed by atoms with Crippen LogP contribution in [0.5, 0.6) is 0 Å². The van der Waals surface area contributed by atoms with Crippen LogP contribution in [0, 0.1) is 0 Å². The number of aromatic nitrogens is 1. The second-order valence-corrected chi connectivity index (χ2v) is 9.98. The van der Waals surface area contributed by atoms with E-state index < -0.39 is 0 Å². The molecular weight excluding hydrogens is 473 g/mol. The fraction of sp³-hybridized carbons (Fsp3) is 0.227. The third-order valence-corrected chi connectivity index (χ3v) is 6.68. The fourth-order valence-electron chi connectivity index (χ4n) is 2.76. The van der Waals surface area contributed by atoms with Crippen LogP contribution in [0.15, 0.2) is 53.6 Å². The van der Waals surface area contributed by atoms with Gasteiger partial charge < -0.3 is 5.32 Å². The zero-order valence-electron chi connectivity index (χ0n) is 16.9. The quantitative estimate of drug-likeness (QED) is 0.382. The molecule has 5 nitrogen and oxygen atoms in total. The summed E-state index contributed by atoms with van der Waals surface area (Å²) in [7, 11) is 0. The normalized spacial score (nSPS) is 10.9. The number of carbonyl (C=O) groups is 2.